The minimum atomic E-state index is 0.302. The summed E-state index contributed by atoms with van der Waals surface area (Å²) in [4.78, 5) is 0. The zero-order chi connectivity index (χ0) is 36.6. The van der Waals surface area contributed by atoms with E-state index in [2.05, 4.69) is 38.1 Å². The fourth-order valence-corrected chi connectivity index (χ4v) is 9.03. The molecule has 2 aromatic carbocycles. The standard InChI is InChI=1S/C48H78N2O2/c1-3-5-7-9-11-13-15-17-19-23-29-39-35-43(41-31-25-21-26-32-41)47(51)45(37-39)49-50-46-38-40(30-24-20-18-16-14-12-10-8-6-4-2)36-44(48(46)52)42-33-27-22-28-34-42/h35-38,41-42,51-52H,3-34H2,1-2H3. The van der Waals surface area contributed by atoms with Gasteiger partial charge in [-0.2, -0.15) is 0 Å². The smallest absolute Gasteiger partial charge is 0.146 e. The number of aromatic hydroxyl groups is 2. The van der Waals surface area contributed by atoms with Crippen LogP contribution in [-0.2, 0) is 12.8 Å². The van der Waals surface area contributed by atoms with Crippen molar-refractivity contribution < 1.29 is 10.2 Å². The average molecular weight is 715 g/mol. The Morgan fingerprint density at radius 2 is 0.731 bits per heavy atom. The third-order valence-electron chi connectivity index (χ3n) is 12.4. The summed E-state index contributed by atoms with van der Waals surface area (Å²) in [5.74, 6) is 1.39. The molecule has 4 heteroatoms. The summed E-state index contributed by atoms with van der Waals surface area (Å²) in [5, 5.41) is 32.7. The van der Waals surface area contributed by atoms with Gasteiger partial charge in [-0.25, -0.2) is 0 Å². The molecule has 0 unspecified atom stereocenters. The minimum Gasteiger partial charge on any atom is -0.505 e. The van der Waals surface area contributed by atoms with Crippen molar-refractivity contribution in [3.05, 3.63) is 46.5 Å². The molecular weight excluding hydrogens is 637 g/mol. The first kappa shape index (κ1) is 42.4. The third-order valence-corrected chi connectivity index (χ3v) is 12.4. The molecule has 52 heavy (non-hydrogen) atoms. The molecule has 0 amide bonds. The zero-order valence-corrected chi connectivity index (χ0v) is 33.9. The number of azo groups is 1. The van der Waals surface area contributed by atoms with Gasteiger partial charge in [-0.3, -0.25) is 0 Å². The van der Waals surface area contributed by atoms with Crippen molar-refractivity contribution in [2.75, 3.05) is 0 Å². The van der Waals surface area contributed by atoms with Gasteiger partial charge in [0.15, 0.2) is 0 Å². The van der Waals surface area contributed by atoms with E-state index in [1.165, 1.54) is 178 Å². The summed E-state index contributed by atoms with van der Waals surface area (Å²) < 4.78 is 0. The molecule has 0 saturated heterocycles. The van der Waals surface area contributed by atoms with Gasteiger partial charge in [0.05, 0.1) is 0 Å². The van der Waals surface area contributed by atoms with Crippen LogP contribution in [0.25, 0.3) is 0 Å². The average Bonchev–Trinajstić information content (AvgIpc) is 3.17. The van der Waals surface area contributed by atoms with Gasteiger partial charge in [0.25, 0.3) is 0 Å². The molecule has 2 aliphatic rings. The Bertz CT molecular complexity index is 1180. The first-order valence-corrected chi connectivity index (χ1v) is 22.7. The summed E-state index contributed by atoms with van der Waals surface area (Å²) >= 11 is 0. The molecule has 0 aromatic heterocycles. The van der Waals surface area contributed by atoms with Gasteiger partial charge in [0.2, 0.25) is 0 Å². The maximum absolute atomic E-state index is 11.6. The highest BCUT2D eigenvalue weighted by Crippen LogP contribution is 2.45. The summed E-state index contributed by atoms with van der Waals surface area (Å²) in [7, 11) is 0. The SMILES string of the molecule is CCCCCCCCCCCCc1cc(N=Nc2cc(CCCCCCCCCCCC)cc(C3CCCCC3)c2O)c(O)c(C2CCCCC2)c1. The number of hydrogen-bond donors (Lipinski definition) is 2. The number of hydrogen-bond acceptors (Lipinski definition) is 4. The number of rotatable bonds is 26. The molecule has 0 radical (unpaired) electrons. The Balaban J connectivity index is 1.43. The van der Waals surface area contributed by atoms with E-state index in [-0.39, 0.29) is 0 Å². The molecule has 0 atom stereocenters. The van der Waals surface area contributed by atoms with Gasteiger partial charge in [-0.1, -0.05) is 180 Å². The molecule has 2 aromatic rings. The van der Waals surface area contributed by atoms with Crippen molar-refractivity contribution in [3.63, 3.8) is 0 Å². The fraction of sp³-hybridized carbons (Fsp3) is 0.750. The van der Waals surface area contributed by atoms with Crippen molar-refractivity contribution in [2.45, 2.75) is 231 Å². The molecule has 0 bridgehead atoms. The van der Waals surface area contributed by atoms with Crippen LogP contribution in [0.5, 0.6) is 11.5 Å². The lowest BCUT2D eigenvalue weighted by Gasteiger charge is -2.24. The van der Waals surface area contributed by atoms with E-state index >= 15 is 0 Å². The van der Waals surface area contributed by atoms with E-state index < -0.39 is 0 Å². The first-order chi connectivity index (χ1) is 25.6. The Kier molecular flexibility index (Phi) is 20.9. The van der Waals surface area contributed by atoms with Crippen LogP contribution in [0.3, 0.4) is 0 Å². The van der Waals surface area contributed by atoms with E-state index in [9.17, 15) is 10.2 Å². The molecule has 4 rings (SSSR count). The molecule has 4 nitrogen and oxygen atoms in total. The summed E-state index contributed by atoms with van der Waals surface area (Å²) in [6.07, 6.45) is 40.8. The van der Waals surface area contributed by atoms with E-state index in [1.807, 2.05) is 0 Å². The second-order valence-electron chi connectivity index (χ2n) is 16.8. The largest absolute Gasteiger partial charge is 0.505 e. The maximum Gasteiger partial charge on any atom is 0.146 e. The van der Waals surface area contributed by atoms with Gasteiger partial charge < -0.3 is 10.2 Å². The molecule has 2 N–H and O–H groups in total. The number of unbranched alkanes of at least 4 members (excludes halogenated alkanes) is 18. The van der Waals surface area contributed by atoms with Crippen molar-refractivity contribution in [2.24, 2.45) is 10.2 Å². The summed E-state index contributed by atoms with van der Waals surface area (Å²) in [5.41, 5.74) is 5.83. The van der Waals surface area contributed by atoms with E-state index in [0.717, 1.165) is 49.7 Å². The molecule has 2 aliphatic carbocycles. The van der Waals surface area contributed by atoms with Crippen LogP contribution in [0.15, 0.2) is 34.5 Å². The highest BCUT2D eigenvalue weighted by molar-refractivity contribution is 5.61. The predicted molar refractivity (Wildman–Crippen MR) is 223 cm³/mol. The molecule has 0 heterocycles. The van der Waals surface area contributed by atoms with E-state index in [0.29, 0.717) is 34.7 Å². The van der Waals surface area contributed by atoms with Crippen molar-refractivity contribution in [1.29, 1.82) is 0 Å². The maximum atomic E-state index is 11.6. The van der Waals surface area contributed by atoms with Crippen LogP contribution in [0, 0.1) is 0 Å². The number of nitrogens with zero attached hydrogens (tertiary/aromatic N) is 2. The van der Waals surface area contributed by atoms with Gasteiger partial charge in [0, 0.05) is 0 Å². The lowest BCUT2D eigenvalue weighted by Crippen LogP contribution is -2.06. The monoisotopic (exact) mass is 715 g/mol. The lowest BCUT2D eigenvalue weighted by molar-refractivity contribution is 0.413. The zero-order valence-electron chi connectivity index (χ0n) is 33.9. The van der Waals surface area contributed by atoms with Crippen LogP contribution in [-0.4, -0.2) is 10.2 Å². The Morgan fingerprint density at radius 1 is 0.423 bits per heavy atom. The topological polar surface area (TPSA) is 65.2 Å². The van der Waals surface area contributed by atoms with Crippen molar-refractivity contribution in [3.8, 4) is 11.5 Å². The highest BCUT2D eigenvalue weighted by atomic mass is 16.3. The number of benzene rings is 2. The van der Waals surface area contributed by atoms with Gasteiger partial charge in [-0.05, 0) is 97.6 Å². The molecule has 0 aliphatic heterocycles. The van der Waals surface area contributed by atoms with Crippen LogP contribution >= 0.6 is 0 Å². The molecule has 2 fully saturated rings. The van der Waals surface area contributed by atoms with Gasteiger partial charge in [0.1, 0.15) is 22.9 Å². The van der Waals surface area contributed by atoms with E-state index in [4.69, 9.17) is 10.2 Å². The van der Waals surface area contributed by atoms with Crippen LogP contribution < -0.4 is 0 Å². The molecule has 2 saturated carbocycles. The lowest BCUT2D eigenvalue weighted by atomic mass is 9.82. The van der Waals surface area contributed by atoms with Crippen LogP contribution in [0.2, 0.25) is 0 Å². The predicted octanol–water partition coefficient (Wildman–Crippen LogP) is 16.5. The summed E-state index contributed by atoms with van der Waals surface area (Å²) in [6.45, 7) is 4.57. The Morgan fingerprint density at radius 3 is 1.06 bits per heavy atom. The number of phenolic OH excluding ortho intramolecular Hbond substituents is 2. The quantitative estimate of drug-likeness (QED) is 0.0752. The summed E-state index contributed by atoms with van der Waals surface area (Å²) in [6, 6.07) is 8.71. The molecular formula is C48H78N2O2. The van der Waals surface area contributed by atoms with E-state index in [1.54, 1.807) is 0 Å². The van der Waals surface area contributed by atoms with Crippen LogP contribution in [0.4, 0.5) is 11.4 Å². The first-order valence-electron chi connectivity index (χ1n) is 22.7. The van der Waals surface area contributed by atoms with Crippen LogP contribution in [0.1, 0.15) is 241 Å². The highest BCUT2D eigenvalue weighted by Gasteiger charge is 2.23. The Hall–Kier alpha value is -2.36. The number of aryl methyl sites for hydroxylation is 2. The molecule has 0 spiro atoms. The van der Waals surface area contributed by atoms with Gasteiger partial charge >= 0.3 is 0 Å². The second-order valence-corrected chi connectivity index (χ2v) is 16.8. The van der Waals surface area contributed by atoms with Crippen molar-refractivity contribution >= 4 is 11.4 Å². The Labute approximate surface area is 320 Å². The second kappa shape index (κ2) is 25.6. The molecule has 292 valence electrons. The normalized spacial score (nSPS) is 16.0. The van der Waals surface area contributed by atoms with Gasteiger partial charge in [-0.15, -0.1) is 10.2 Å². The third kappa shape index (κ3) is 15.2. The number of phenols is 2. The fourth-order valence-electron chi connectivity index (χ4n) is 9.03. The minimum absolute atomic E-state index is 0.302. The van der Waals surface area contributed by atoms with Crippen molar-refractivity contribution in [1.82, 2.24) is 0 Å².